The van der Waals surface area contributed by atoms with Gasteiger partial charge in [-0.05, 0) is 37.6 Å². The minimum Gasteiger partial charge on any atom is -0.299 e. The molecular weight excluding hydrogens is 243 g/mol. The van der Waals surface area contributed by atoms with Crippen molar-refractivity contribution in [3.63, 3.8) is 0 Å². The fraction of sp³-hybridized carbons (Fsp3) is 0.462. The molecule has 1 aliphatic rings. The number of hydrogen-bond donors (Lipinski definition) is 0. The third kappa shape index (κ3) is 2.90. The molecule has 98 valence electrons. The number of hydrogen-bond acceptors (Lipinski definition) is 2. The van der Waals surface area contributed by atoms with Crippen LogP contribution in [0.1, 0.15) is 34.3 Å². The lowest BCUT2D eigenvalue weighted by atomic mass is 10.0. The Balaban J connectivity index is 2.30. The van der Waals surface area contributed by atoms with Crippen LogP contribution in [-0.2, 0) is 12.7 Å². The monoisotopic (exact) mass is 257 g/mol. The Kier molecular flexibility index (Phi) is 3.71. The van der Waals surface area contributed by atoms with Gasteiger partial charge in [0.2, 0.25) is 0 Å². The fourth-order valence-electron chi connectivity index (χ4n) is 2.25. The Morgan fingerprint density at radius 1 is 1.22 bits per heavy atom. The maximum Gasteiger partial charge on any atom is 0.416 e. The van der Waals surface area contributed by atoms with Crippen molar-refractivity contribution in [3.05, 3.63) is 34.9 Å². The molecule has 18 heavy (non-hydrogen) atoms. The first-order valence-corrected chi connectivity index (χ1v) is 5.88. The van der Waals surface area contributed by atoms with Crippen molar-refractivity contribution >= 4 is 6.29 Å². The van der Waals surface area contributed by atoms with Gasteiger partial charge in [-0.2, -0.15) is 13.2 Å². The van der Waals surface area contributed by atoms with Crippen LogP contribution in [0.3, 0.4) is 0 Å². The number of aldehydes is 1. The van der Waals surface area contributed by atoms with Crippen molar-refractivity contribution in [3.8, 4) is 0 Å². The Bertz CT molecular complexity index is 436. The highest BCUT2D eigenvalue weighted by molar-refractivity contribution is 5.75. The second kappa shape index (κ2) is 5.10. The molecule has 0 atom stereocenters. The standard InChI is InChI=1S/C13H14F3NO/c14-13(15,16)12-7-10(9-18)3-4-11(12)8-17-5-1-2-6-17/h3-4,7,9H,1-2,5-6,8H2. The topological polar surface area (TPSA) is 20.3 Å². The quantitative estimate of drug-likeness (QED) is 0.775. The predicted octanol–water partition coefficient (Wildman–Crippen LogP) is 3.11. The van der Waals surface area contributed by atoms with E-state index in [1.807, 2.05) is 4.90 Å². The van der Waals surface area contributed by atoms with E-state index in [-0.39, 0.29) is 11.1 Å². The molecule has 5 heteroatoms. The highest BCUT2D eigenvalue weighted by Gasteiger charge is 2.34. The summed E-state index contributed by atoms with van der Waals surface area (Å²) in [6.07, 6.45) is -1.90. The molecule has 1 aromatic rings. The Morgan fingerprint density at radius 3 is 2.44 bits per heavy atom. The summed E-state index contributed by atoms with van der Waals surface area (Å²) in [5, 5.41) is 0. The molecule has 1 saturated heterocycles. The molecular formula is C13H14F3NO. The van der Waals surface area contributed by atoms with E-state index in [0.717, 1.165) is 32.0 Å². The smallest absolute Gasteiger partial charge is 0.299 e. The van der Waals surface area contributed by atoms with Gasteiger partial charge in [-0.1, -0.05) is 12.1 Å². The van der Waals surface area contributed by atoms with Crippen molar-refractivity contribution in [1.29, 1.82) is 0 Å². The summed E-state index contributed by atoms with van der Waals surface area (Å²) in [4.78, 5) is 12.6. The molecule has 0 saturated carbocycles. The summed E-state index contributed by atoms with van der Waals surface area (Å²) in [5.74, 6) is 0. The zero-order valence-corrected chi connectivity index (χ0v) is 9.83. The number of carbonyl (C=O) groups excluding carboxylic acids is 1. The van der Waals surface area contributed by atoms with Gasteiger partial charge in [-0.3, -0.25) is 9.69 Å². The van der Waals surface area contributed by atoms with Crippen LogP contribution in [0, 0.1) is 0 Å². The van der Waals surface area contributed by atoms with Crippen molar-refractivity contribution in [2.24, 2.45) is 0 Å². The van der Waals surface area contributed by atoms with Gasteiger partial charge in [0.05, 0.1) is 5.56 Å². The molecule has 0 aliphatic carbocycles. The van der Waals surface area contributed by atoms with Crippen LogP contribution in [0.15, 0.2) is 18.2 Å². The van der Waals surface area contributed by atoms with Gasteiger partial charge in [-0.25, -0.2) is 0 Å². The van der Waals surface area contributed by atoms with Crippen molar-refractivity contribution in [2.75, 3.05) is 13.1 Å². The number of alkyl halides is 3. The molecule has 0 N–H and O–H groups in total. The van der Waals surface area contributed by atoms with Gasteiger partial charge in [0.25, 0.3) is 0 Å². The van der Waals surface area contributed by atoms with E-state index in [2.05, 4.69) is 0 Å². The first kappa shape index (κ1) is 13.1. The summed E-state index contributed by atoms with van der Waals surface area (Å²) >= 11 is 0. The summed E-state index contributed by atoms with van der Waals surface area (Å²) in [5.41, 5.74) is -0.388. The maximum absolute atomic E-state index is 12.9. The largest absolute Gasteiger partial charge is 0.416 e. The molecule has 1 heterocycles. The number of halogens is 3. The van der Waals surface area contributed by atoms with Crippen molar-refractivity contribution in [2.45, 2.75) is 25.6 Å². The van der Waals surface area contributed by atoms with E-state index in [4.69, 9.17) is 0 Å². The van der Waals surface area contributed by atoms with Gasteiger partial charge in [0.15, 0.2) is 0 Å². The minimum absolute atomic E-state index is 0.0625. The molecule has 1 aliphatic heterocycles. The molecule has 0 amide bonds. The molecule has 0 bridgehead atoms. The van der Waals surface area contributed by atoms with Crippen LogP contribution in [0.2, 0.25) is 0 Å². The number of rotatable bonds is 3. The second-order valence-electron chi connectivity index (χ2n) is 4.52. The first-order chi connectivity index (χ1) is 8.50. The minimum atomic E-state index is -4.41. The van der Waals surface area contributed by atoms with Crippen LogP contribution in [0.5, 0.6) is 0 Å². The summed E-state index contributed by atoms with van der Waals surface area (Å²) in [7, 11) is 0. The number of benzene rings is 1. The zero-order valence-electron chi connectivity index (χ0n) is 9.83. The van der Waals surface area contributed by atoms with Crippen LogP contribution in [0.25, 0.3) is 0 Å². The van der Waals surface area contributed by atoms with Crippen molar-refractivity contribution < 1.29 is 18.0 Å². The van der Waals surface area contributed by atoms with E-state index in [9.17, 15) is 18.0 Å². The predicted molar refractivity (Wildman–Crippen MR) is 61.3 cm³/mol. The van der Waals surface area contributed by atoms with E-state index >= 15 is 0 Å². The van der Waals surface area contributed by atoms with E-state index < -0.39 is 11.7 Å². The van der Waals surface area contributed by atoms with Crippen LogP contribution >= 0.6 is 0 Å². The summed E-state index contributed by atoms with van der Waals surface area (Å²) < 4.78 is 38.7. The average Bonchev–Trinajstić information content (AvgIpc) is 2.81. The summed E-state index contributed by atoms with van der Waals surface area (Å²) in [6, 6.07) is 3.77. The molecule has 1 fully saturated rings. The Hall–Kier alpha value is -1.36. The lowest BCUT2D eigenvalue weighted by molar-refractivity contribution is -0.138. The summed E-state index contributed by atoms with van der Waals surface area (Å²) in [6.45, 7) is 1.98. The highest BCUT2D eigenvalue weighted by atomic mass is 19.4. The lowest BCUT2D eigenvalue weighted by Gasteiger charge is -2.19. The Labute approximate surface area is 103 Å². The van der Waals surface area contributed by atoms with E-state index in [1.54, 1.807) is 0 Å². The lowest BCUT2D eigenvalue weighted by Crippen LogP contribution is -2.21. The molecule has 0 spiro atoms. The van der Waals surface area contributed by atoms with Gasteiger partial charge in [0.1, 0.15) is 6.29 Å². The van der Waals surface area contributed by atoms with E-state index in [1.165, 1.54) is 12.1 Å². The molecule has 2 nitrogen and oxygen atoms in total. The average molecular weight is 257 g/mol. The Morgan fingerprint density at radius 2 is 1.89 bits per heavy atom. The molecule has 0 aromatic heterocycles. The molecule has 0 radical (unpaired) electrons. The maximum atomic E-state index is 12.9. The van der Waals surface area contributed by atoms with E-state index in [0.29, 0.717) is 12.8 Å². The molecule has 1 aromatic carbocycles. The number of likely N-dealkylation sites (tertiary alicyclic amines) is 1. The van der Waals surface area contributed by atoms with Crippen molar-refractivity contribution in [1.82, 2.24) is 4.90 Å². The van der Waals surface area contributed by atoms with Crippen LogP contribution < -0.4 is 0 Å². The van der Waals surface area contributed by atoms with Gasteiger partial charge < -0.3 is 0 Å². The normalized spacial score (nSPS) is 17.1. The third-order valence-electron chi connectivity index (χ3n) is 3.17. The van der Waals surface area contributed by atoms with Gasteiger partial charge in [0, 0.05) is 12.1 Å². The van der Waals surface area contributed by atoms with Gasteiger partial charge >= 0.3 is 6.18 Å². The SMILES string of the molecule is O=Cc1ccc(CN2CCCC2)c(C(F)(F)F)c1. The fourth-order valence-corrected chi connectivity index (χ4v) is 2.25. The number of nitrogens with zero attached hydrogens (tertiary/aromatic N) is 1. The highest BCUT2D eigenvalue weighted by Crippen LogP contribution is 2.33. The third-order valence-corrected chi connectivity index (χ3v) is 3.17. The first-order valence-electron chi connectivity index (χ1n) is 5.88. The zero-order chi connectivity index (χ0) is 13.2. The van der Waals surface area contributed by atoms with Gasteiger partial charge in [-0.15, -0.1) is 0 Å². The number of carbonyl (C=O) groups is 1. The second-order valence-corrected chi connectivity index (χ2v) is 4.52. The van der Waals surface area contributed by atoms with Crippen LogP contribution in [-0.4, -0.2) is 24.3 Å². The molecule has 2 rings (SSSR count). The molecule has 0 unspecified atom stereocenters. The van der Waals surface area contributed by atoms with Crippen LogP contribution in [0.4, 0.5) is 13.2 Å².